The van der Waals surface area contributed by atoms with E-state index < -0.39 is 0 Å². The quantitative estimate of drug-likeness (QED) is 0.717. The van der Waals surface area contributed by atoms with Crippen LogP contribution in [0.4, 0.5) is 0 Å². The lowest BCUT2D eigenvalue weighted by Gasteiger charge is -2.19. The SMILES string of the molecule is CNC(C)C(=O)NC1CCC(C)(C)C1. The number of likely N-dealkylation sites (N-methyl/N-ethyl adjacent to an activating group) is 1. The van der Waals surface area contributed by atoms with Crippen LogP contribution >= 0.6 is 0 Å². The number of nitrogens with one attached hydrogen (secondary N) is 2. The van der Waals surface area contributed by atoms with Gasteiger partial charge >= 0.3 is 0 Å². The second-order valence-corrected chi connectivity index (χ2v) is 5.12. The van der Waals surface area contributed by atoms with Crippen LogP contribution in [0.1, 0.15) is 40.0 Å². The van der Waals surface area contributed by atoms with Crippen molar-refractivity contribution < 1.29 is 4.79 Å². The van der Waals surface area contributed by atoms with Crippen LogP contribution in [0, 0.1) is 5.41 Å². The topological polar surface area (TPSA) is 41.1 Å². The van der Waals surface area contributed by atoms with Gasteiger partial charge in [0.15, 0.2) is 0 Å². The van der Waals surface area contributed by atoms with E-state index in [0.29, 0.717) is 11.5 Å². The predicted octanol–water partition coefficient (Wildman–Crippen LogP) is 1.29. The van der Waals surface area contributed by atoms with Crippen LogP contribution in [0.3, 0.4) is 0 Å². The van der Waals surface area contributed by atoms with E-state index in [2.05, 4.69) is 24.5 Å². The molecular weight excluding hydrogens is 176 g/mol. The summed E-state index contributed by atoms with van der Waals surface area (Å²) in [4.78, 5) is 11.6. The molecule has 0 heterocycles. The predicted molar refractivity (Wildman–Crippen MR) is 58.1 cm³/mol. The molecule has 1 saturated carbocycles. The fourth-order valence-electron chi connectivity index (χ4n) is 2.02. The maximum absolute atomic E-state index is 11.6. The van der Waals surface area contributed by atoms with Gasteiger partial charge in [0.25, 0.3) is 0 Å². The van der Waals surface area contributed by atoms with Crippen LogP contribution in [0.2, 0.25) is 0 Å². The highest BCUT2D eigenvalue weighted by Crippen LogP contribution is 2.36. The van der Waals surface area contributed by atoms with Crippen LogP contribution in [0.25, 0.3) is 0 Å². The molecule has 3 nitrogen and oxygen atoms in total. The van der Waals surface area contributed by atoms with Gasteiger partial charge in [0, 0.05) is 6.04 Å². The number of carbonyl (C=O) groups excluding carboxylic acids is 1. The lowest BCUT2D eigenvalue weighted by molar-refractivity contribution is -0.123. The van der Waals surface area contributed by atoms with E-state index in [-0.39, 0.29) is 11.9 Å². The molecule has 0 aromatic heterocycles. The molecular formula is C11H22N2O. The zero-order chi connectivity index (χ0) is 10.8. The van der Waals surface area contributed by atoms with Crippen molar-refractivity contribution in [2.75, 3.05) is 7.05 Å². The van der Waals surface area contributed by atoms with Crippen molar-refractivity contribution >= 4 is 5.91 Å². The molecule has 1 rings (SSSR count). The molecule has 3 heteroatoms. The maximum atomic E-state index is 11.6. The minimum absolute atomic E-state index is 0.0845. The number of hydrogen-bond donors (Lipinski definition) is 2. The molecule has 0 spiro atoms. The Bertz CT molecular complexity index is 213. The van der Waals surface area contributed by atoms with Gasteiger partial charge in [-0.2, -0.15) is 0 Å². The highest BCUT2D eigenvalue weighted by Gasteiger charge is 2.32. The zero-order valence-electron chi connectivity index (χ0n) is 9.68. The lowest BCUT2D eigenvalue weighted by atomic mass is 9.92. The summed E-state index contributed by atoms with van der Waals surface area (Å²) in [7, 11) is 1.81. The number of amides is 1. The Kier molecular flexibility index (Phi) is 3.53. The Hall–Kier alpha value is -0.570. The molecule has 0 aromatic rings. The van der Waals surface area contributed by atoms with Crippen molar-refractivity contribution in [2.24, 2.45) is 5.41 Å². The van der Waals surface area contributed by atoms with Crippen molar-refractivity contribution in [3.63, 3.8) is 0 Å². The first-order chi connectivity index (χ1) is 6.44. The summed E-state index contributed by atoms with van der Waals surface area (Å²) >= 11 is 0. The van der Waals surface area contributed by atoms with Gasteiger partial charge < -0.3 is 10.6 Å². The van der Waals surface area contributed by atoms with Gasteiger partial charge in [0.1, 0.15) is 0 Å². The molecule has 14 heavy (non-hydrogen) atoms. The van der Waals surface area contributed by atoms with Gasteiger partial charge in [-0.1, -0.05) is 13.8 Å². The monoisotopic (exact) mass is 198 g/mol. The molecule has 0 aromatic carbocycles. The second-order valence-electron chi connectivity index (χ2n) is 5.12. The Morgan fingerprint density at radius 3 is 2.57 bits per heavy atom. The third kappa shape index (κ3) is 2.98. The first kappa shape index (κ1) is 11.5. The van der Waals surface area contributed by atoms with Gasteiger partial charge in [0.2, 0.25) is 5.91 Å². The largest absolute Gasteiger partial charge is 0.352 e. The van der Waals surface area contributed by atoms with Gasteiger partial charge in [-0.25, -0.2) is 0 Å². The molecule has 2 atom stereocenters. The van der Waals surface area contributed by atoms with E-state index >= 15 is 0 Å². The van der Waals surface area contributed by atoms with Crippen LogP contribution in [-0.2, 0) is 4.79 Å². The van der Waals surface area contributed by atoms with Crippen LogP contribution < -0.4 is 10.6 Å². The molecule has 82 valence electrons. The molecule has 2 N–H and O–H groups in total. The molecule has 0 bridgehead atoms. The average molecular weight is 198 g/mol. The van der Waals surface area contributed by atoms with Gasteiger partial charge in [-0.3, -0.25) is 4.79 Å². The molecule has 2 unspecified atom stereocenters. The standard InChI is InChI=1S/C11H22N2O/c1-8(12-4)10(14)13-9-5-6-11(2,3)7-9/h8-9,12H,5-7H2,1-4H3,(H,13,14). The molecule has 1 amide bonds. The summed E-state index contributed by atoms with van der Waals surface area (Å²) in [5.41, 5.74) is 0.404. The van der Waals surface area contributed by atoms with Crippen molar-refractivity contribution in [3.8, 4) is 0 Å². The summed E-state index contributed by atoms with van der Waals surface area (Å²) in [5, 5.41) is 6.03. The smallest absolute Gasteiger partial charge is 0.237 e. The first-order valence-corrected chi connectivity index (χ1v) is 5.42. The Morgan fingerprint density at radius 2 is 2.14 bits per heavy atom. The second kappa shape index (κ2) is 4.30. The van der Waals surface area contributed by atoms with Crippen LogP contribution in [0.5, 0.6) is 0 Å². The minimum atomic E-state index is -0.0845. The number of carbonyl (C=O) groups is 1. The molecule has 1 aliphatic carbocycles. The van der Waals surface area contributed by atoms with Gasteiger partial charge in [0.05, 0.1) is 6.04 Å². The van der Waals surface area contributed by atoms with E-state index in [9.17, 15) is 4.79 Å². The first-order valence-electron chi connectivity index (χ1n) is 5.42. The lowest BCUT2D eigenvalue weighted by Crippen LogP contribution is -2.44. The number of rotatable bonds is 3. The Morgan fingerprint density at radius 1 is 1.50 bits per heavy atom. The Balaban J connectivity index is 2.36. The average Bonchev–Trinajstić information content (AvgIpc) is 2.44. The third-order valence-corrected chi connectivity index (χ3v) is 3.14. The molecule has 1 aliphatic rings. The third-order valence-electron chi connectivity index (χ3n) is 3.14. The summed E-state index contributed by atoms with van der Waals surface area (Å²) in [6.07, 6.45) is 3.44. The van der Waals surface area contributed by atoms with E-state index in [1.807, 2.05) is 14.0 Å². The summed E-state index contributed by atoms with van der Waals surface area (Å²) in [6, 6.07) is 0.298. The summed E-state index contributed by atoms with van der Waals surface area (Å²) < 4.78 is 0. The molecule has 0 saturated heterocycles. The Labute approximate surface area is 86.6 Å². The zero-order valence-corrected chi connectivity index (χ0v) is 9.68. The minimum Gasteiger partial charge on any atom is -0.352 e. The molecule has 0 radical (unpaired) electrons. The maximum Gasteiger partial charge on any atom is 0.237 e. The van der Waals surface area contributed by atoms with E-state index in [1.165, 1.54) is 6.42 Å². The van der Waals surface area contributed by atoms with Crippen LogP contribution in [-0.4, -0.2) is 25.0 Å². The fourth-order valence-corrected chi connectivity index (χ4v) is 2.02. The normalized spacial score (nSPS) is 27.3. The number of hydrogen-bond acceptors (Lipinski definition) is 2. The summed E-state index contributed by atoms with van der Waals surface area (Å²) in [6.45, 7) is 6.41. The van der Waals surface area contributed by atoms with Crippen molar-refractivity contribution in [3.05, 3.63) is 0 Å². The van der Waals surface area contributed by atoms with Gasteiger partial charge in [-0.15, -0.1) is 0 Å². The van der Waals surface area contributed by atoms with Gasteiger partial charge in [-0.05, 0) is 38.6 Å². The van der Waals surface area contributed by atoms with E-state index in [4.69, 9.17) is 0 Å². The van der Waals surface area contributed by atoms with Crippen molar-refractivity contribution in [1.82, 2.24) is 10.6 Å². The fraction of sp³-hybridized carbons (Fsp3) is 0.909. The highest BCUT2D eigenvalue weighted by atomic mass is 16.2. The molecule has 0 aliphatic heterocycles. The molecule has 1 fully saturated rings. The van der Waals surface area contributed by atoms with E-state index in [0.717, 1.165) is 12.8 Å². The van der Waals surface area contributed by atoms with Crippen molar-refractivity contribution in [1.29, 1.82) is 0 Å². The summed E-state index contributed by atoms with van der Waals surface area (Å²) in [5.74, 6) is 0.121. The highest BCUT2D eigenvalue weighted by molar-refractivity contribution is 5.81. The van der Waals surface area contributed by atoms with Crippen LogP contribution in [0.15, 0.2) is 0 Å². The van der Waals surface area contributed by atoms with Crippen molar-refractivity contribution in [2.45, 2.75) is 52.1 Å². The van der Waals surface area contributed by atoms with E-state index in [1.54, 1.807) is 0 Å².